The van der Waals surface area contributed by atoms with E-state index >= 15 is 0 Å². The second kappa shape index (κ2) is 5.68. The predicted octanol–water partition coefficient (Wildman–Crippen LogP) is 1.40. The highest BCUT2D eigenvalue weighted by molar-refractivity contribution is 4.89. The first-order valence-electron chi connectivity index (χ1n) is 7.19. The summed E-state index contributed by atoms with van der Waals surface area (Å²) in [7, 11) is 4.53. The number of likely N-dealkylation sites (tertiary alicyclic amines) is 1. The molecular formula is C14H29N3. The zero-order valence-corrected chi connectivity index (χ0v) is 11.8. The third kappa shape index (κ3) is 3.94. The van der Waals surface area contributed by atoms with Gasteiger partial charge < -0.3 is 15.1 Å². The van der Waals surface area contributed by atoms with Crippen molar-refractivity contribution in [3.8, 4) is 0 Å². The predicted molar refractivity (Wildman–Crippen MR) is 73.4 cm³/mol. The fourth-order valence-electron chi connectivity index (χ4n) is 3.53. The molecule has 0 radical (unpaired) electrons. The van der Waals surface area contributed by atoms with Crippen molar-refractivity contribution in [3.05, 3.63) is 0 Å². The van der Waals surface area contributed by atoms with Crippen LogP contribution in [0.15, 0.2) is 0 Å². The first-order chi connectivity index (χ1) is 8.07. The fourth-order valence-corrected chi connectivity index (χ4v) is 3.53. The van der Waals surface area contributed by atoms with Crippen molar-refractivity contribution in [1.29, 1.82) is 0 Å². The SMILES string of the molecule is CN1CCC(CN(C)CC2(C)CCCCN2)C1. The van der Waals surface area contributed by atoms with Crippen LogP contribution in [0.1, 0.15) is 32.6 Å². The van der Waals surface area contributed by atoms with Crippen LogP contribution in [-0.2, 0) is 0 Å². The normalized spacial score (nSPS) is 35.6. The van der Waals surface area contributed by atoms with E-state index in [1.54, 1.807) is 0 Å². The van der Waals surface area contributed by atoms with Crippen molar-refractivity contribution in [1.82, 2.24) is 15.1 Å². The van der Waals surface area contributed by atoms with E-state index < -0.39 is 0 Å². The molecule has 2 fully saturated rings. The topological polar surface area (TPSA) is 18.5 Å². The third-order valence-corrected chi connectivity index (χ3v) is 4.38. The van der Waals surface area contributed by atoms with E-state index in [0.29, 0.717) is 5.54 Å². The molecule has 2 aliphatic rings. The minimum atomic E-state index is 0.359. The molecule has 0 aliphatic carbocycles. The molecule has 2 heterocycles. The molecule has 2 rings (SSSR count). The first-order valence-corrected chi connectivity index (χ1v) is 7.19. The lowest BCUT2D eigenvalue weighted by atomic mass is 9.90. The molecule has 17 heavy (non-hydrogen) atoms. The summed E-state index contributed by atoms with van der Waals surface area (Å²) in [6, 6.07) is 0. The highest BCUT2D eigenvalue weighted by atomic mass is 15.2. The largest absolute Gasteiger partial charge is 0.310 e. The van der Waals surface area contributed by atoms with Crippen LogP contribution in [0.3, 0.4) is 0 Å². The molecule has 0 aromatic carbocycles. The van der Waals surface area contributed by atoms with Gasteiger partial charge in [-0.1, -0.05) is 6.42 Å². The van der Waals surface area contributed by atoms with Gasteiger partial charge in [-0.25, -0.2) is 0 Å². The highest BCUT2D eigenvalue weighted by Gasteiger charge is 2.29. The van der Waals surface area contributed by atoms with Crippen molar-refractivity contribution < 1.29 is 0 Å². The number of hydrogen-bond donors (Lipinski definition) is 1. The Hall–Kier alpha value is -0.120. The molecule has 0 spiro atoms. The Bertz CT molecular complexity index is 236. The molecule has 0 bridgehead atoms. The van der Waals surface area contributed by atoms with E-state index in [1.807, 2.05) is 0 Å². The van der Waals surface area contributed by atoms with Gasteiger partial charge in [0, 0.05) is 25.2 Å². The molecule has 2 unspecified atom stereocenters. The maximum Gasteiger partial charge on any atom is 0.0280 e. The van der Waals surface area contributed by atoms with E-state index in [1.165, 1.54) is 58.4 Å². The van der Waals surface area contributed by atoms with Gasteiger partial charge in [-0.3, -0.25) is 0 Å². The van der Waals surface area contributed by atoms with Gasteiger partial charge in [0.15, 0.2) is 0 Å². The maximum atomic E-state index is 3.71. The van der Waals surface area contributed by atoms with Crippen LogP contribution in [0.2, 0.25) is 0 Å². The molecule has 100 valence electrons. The molecule has 0 aromatic heterocycles. The van der Waals surface area contributed by atoms with Crippen molar-refractivity contribution in [2.75, 3.05) is 46.8 Å². The second-order valence-corrected chi connectivity index (χ2v) is 6.56. The van der Waals surface area contributed by atoms with Gasteiger partial charge in [-0.05, 0) is 59.3 Å². The summed E-state index contributed by atoms with van der Waals surface area (Å²) in [6.07, 6.45) is 5.46. The molecule has 0 saturated carbocycles. The zero-order valence-electron chi connectivity index (χ0n) is 11.8. The molecule has 0 amide bonds. The summed E-state index contributed by atoms with van der Waals surface area (Å²) in [4.78, 5) is 5.00. The summed E-state index contributed by atoms with van der Waals surface area (Å²) >= 11 is 0. The molecule has 1 N–H and O–H groups in total. The molecule has 2 saturated heterocycles. The summed E-state index contributed by atoms with van der Waals surface area (Å²) in [5.74, 6) is 0.886. The standard InChI is InChI=1S/C14H29N3/c1-14(7-4-5-8-15-14)12-17(3)11-13-6-9-16(2)10-13/h13,15H,4-12H2,1-3H3. The number of piperidine rings is 1. The van der Waals surface area contributed by atoms with E-state index in [2.05, 4.69) is 36.1 Å². The van der Waals surface area contributed by atoms with Gasteiger partial charge in [0.1, 0.15) is 0 Å². The number of likely N-dealkylation sites (N-methyl/N-ethyl adjacent to an activating group) is 1. The monoisotopic (exact) mass is 239 g/mol. The van der Waals surface area contributed by atoms with Crippen molar-refractivity contribution in [3.63, 3.8) is 0 Å². The summed E-state index contributed by atoms with van der Waals surface area (Å²) in [6.45, 7) is 8.64. The van der Waals surface area contributed by atoms with Crippen LogP contribution in [0.5, 0.6) is 0 Å². The Morgan fingerprint density at radius 2 is 2.24 bits per heavy atom. The number of nitrogens with one attached hydrogen (secondary N) is 1. The molecule has 2 atom stereocenters. The molecule has 2 aliphatic heterocycles. The fraction of sp³-hybridized carbons (Fsp3) is 1.00. The lowest BCUT2D eigenvalue weighted by Gasteiger charge is -2.38. The van der Waals surface area contributed by atoms with Crippen LogP contribution >= 0.6 is 0 Å². The number of hydrogen-bond acceptors (Lipinski definition) is 3. The first kappa shape index (κ1) is 13.3. The van der Waals surface area contributed by atoms with Gasteiger partial charge >= 0.3 is 0 Å². The third-order valence-electron chi connectivity index (χ3n) is 4.38. The van der Waals surface area contributed by atoms with Crippen molar-refractivity contribution >= 4 is 0 Å². The highest BCUT2D eigenvalue weighted by Crippen LogP contribution is 2.21. The van der Waals surface area contributed by atoms with Crippen LogP contribution < -0.4 is 5.32 Å². The summed E-state index contributed by atoms with van der Waals surface area (Å²) in [5.41, 5.74) is 0.359. The molecular weight excluding hydrogens is 210 g/mol. The van der Waals surface area contributed by atoms with Crippen LogP contribution in [-0.4, -0.2) is 62.2 Å². The van der Waals surface area contributed by atoms with E-state index in [-0.39, 0.29) is 0 Å². The van der Waals surface area contributed by atoms with Gasteiger partial charge in [-0.15, -0.1) is 0 Å². The van der Waals surface area contributed by atoms with Crippen LogP contribution in [0, 0.1) is 5.92 Å². The van der Waals surface area contributed by atoms with Crippen LogP contribution in [0.25, 0.3) is 0 Å². The van der Waals surface area contributed by atoms with Gasteiger partial charge in [0.05, 0.1) is 0 Å². The Morgan fingerprint density at radius 3 is 2.82 bits per heavy atom. The van der Waals surface area contributed by atoms with Crippen molar-refractivity contribution in [2.24, 2.45) is 5.92 Å². The zero-order chi connectivity index (χ0) is 12.3. The minimum Gasteiger partial charge on any atom is -0.310 e. The Labute approximate surface area is 107 Å². The number of nitrogens with zero attached hydrogens (tertiary/aromatic N) is 2. The average molecular weight is 239 g/mol. The average Bonchev–Trinajstić information content (AvgIpc) is 2.63. The van der Waals surface area contributed by atoms with E-state index in [4.69, 9.17) is 0 Å². The Kier molecular flexibility index (Phi) is 4.45. The smallest absolute Gasteiger partial charge is 0.0280 e. The Morgan fingerprint density at radius 1 is 1.41 bits per heavy atom. The molecule has 3 nitrogen and oxygen atoms in total. The minimum absolute atomic E-state index is 0.359. The van der Waals surface area contributed by atoms with Gasteiger partial charge in [0.2, 0.25) is 0 Å². The van der Waals surface area contributed by atoms with Gasteiger partial charge in [0.25, 0.3) is 0 Å². The Balaban J connectivity index is 1.74. The molecule has 3 heteroatoms. The summed E-state index contributed by atoms with van der Waals surface area (Å²) < 4.78 is 0. The lowest BCUT2D eigenvalue weighted by molar-refractivity contribution is 0.171. The van der Waals surface area contributed by atoms with E-state index in [0.717, 1.165) is 5.92 Å². The number of rotatable bonds is 4. The van der Waals surface area contributed by atoms with Gasteiger partial charge in [-0.2, -0.15) is 0 Å². The van der Waals surface area contributed by atoms with Crippen molar-refractivity contribution in [2.45, 2.75) is 38.1 Å². The van der Waals surface area contributed by atoms with E-state index in [9.17, 15) is 0 Å². The quantitative estimate of drug-likeness (QED) is 0.800. The lowest BCUT2D eigenvalue weighted by Crippen LogP contribution is -2.53. The molecule has 0 aromatic rings. The second-order valence-electron chi connectivity index (χ2n) is 6.56. The summed E-state index contributed by atoms with van der Waals surface area (Å²) in [5, 5.41) is 3.71. The van der Waals surface area contributed by atoms with Crippen LogP contribution in [0.4, 0.5) is 0 Å². The maximum absolute atomic E-state index is 3.71.